The zero-order chi connectivity index (χ0) is 25.4. The standard InChI is InChI=1S/C20H26ClN3O9S/c1-10(2)5-13(26)32-9-33-20(29)16-11(7-30-3)8-34-19-15(18(28)24(16)19)22-17(27)14(23-31-4)12(25)6-21/h10,15,19H,5-9H2,1-4H3,(H,22,27)/t15?,19-/m1/s1. The van der Waals surface area contributed by atoms with Crippen LogP contribution in [0.2, 0.25) is 0 Å². The van der Waals surface area contributed by atoms with Gasteiger partial charge < -0.3 is 24.4 Å². The van der Waals surface area contributed by atoms with Crippen molar-refractivity contribution in [3.8, 4) is 0 Å². The van der Waals surface area contributed by atoms with Gasteiger partial charge in [-0.15, -0.1) is 23.4 Å². The van der Waals surface area contributed by atoms with Gasteiger partial charge in [0.2, 0.25) is 18.3 Å². The minimum atomic E-state index is -1.03. The molecule has 2 amide bonds. The van der Waals surface area contributed by atoms with Crippen molar-refractivity contribution in [3.63, 3.8) is 0 Å². The molecular formula is C20H26ClN3O9S. The van der Waals surface area contributed by atoms with E-state index >= 15 is 0 Å². The number of esters is 2. The van der Waals surface area contributed by atoms with Gasteiger partial charge in [-0.3, -0.25) is 24.1 Å². The van der Waals surface area contributed by atoms with Crippen LogP contribution in [-0.4, -0.2) is 90.8 Å². The lowest BCUT2D eigenvalue weighted by Gasteiger charge is -2.49. The van der Waals surface area contributed by atoms with Gasteiger partial charge in [0.1, 0.15) is 24.2 Å². The highest BCUT2D eigenvalue weighted by Gasteiger charge is 2.54. The number of oxime groups is 1. The molecule has 1 fully saturated rings. The Morgan fingerprint density at radius 1 is 1.24 bits per heavy atom. The van der Waals surface area contributed by atoms with Gasteiger partial charge in [-0.2, -0.15) is 0 Å². The van der Waals surface area contributed by atoms with Gasteiger partial charge >= 0.3 is 11.9 Å². The molecule has 12 nitrogen and oxygen atoms in total. The Kier molecular flexibility index (Phi) is 10.3. The average molecular weight is 520 g/mol. The van der Waals surface area contributed by atoms with Crippen LogP contribution in [0.1, 0.15) is 20.3 Å². The van der Waals surface area contributed by atoms with Crippen molar-refractivity contribution in [2.45, 2.75) is 31.7 Å². The summed E-state index contributed by atoms with van der Waals surface area (Å²) in [6.45, 7) is 3.14. The number of carbonyl (C=O) groups is 5. The highest BCUT2D eigenvalue weighted by Crippen LogP contribution is 2.40. The second-order valence-electron chi connectivity index (χ2n) is 7.59. The molecule has 2 atom stereocenters. The highest BCUT2D eigenvalue weighted by atomic mass is 35.5. The molecule has 0 saturated carbocycles. The van der Waals surface area contributed by atoms with Gasteiger partial charge in [0, 0.05) is 19.3 Å². The van der Waals surface area contributed by atoms with Crippen LogP contribution >= 0.6 is 23.4 Å². The molecule has 0 aromatic rings. The van der Waals surface area contributed by atoms with E-state index in [2.05, 4.69) is 15.3 Å². The van der Waals surface area contributed by atoms with Crippen LogP contribution in [0, 0.1) is 5.92 Å². The van der Waals surface area contributed by atoms with Gasteiger partial charge in [0.05, 0.1) is 12.5 Å². The SMILES string of the molecule is COCC1=C(C(=O)OCOC(=O)CC(C)C)N2C(=O)C(NC(=O)C(=NOC)C(=O)CCl)[C@H]2SC1. The molecule has 0 aromatic carbocycles. The Hall–Kier alpha value is -2.64. The van der Waals surface area contributed by atoms with Crippen molar-refractivity contribution in [1.82, 2.24) is 10.2 Å². The van der Waals surface area contributed by atoms with Crippen LogP contribution in [0.15, 0.2) is 16.4 Å². The van der Waals surface area contributed by atoms with Crippen LogP contribution in [0.5, 0.6) is 0 Å². The lowest BCUT2D eigenvalue weighted by atomic mass is 10.0. The molecular weight excluding hydrogens is 494 g/mol. The van der Waals surface area contributed by atoms with Crippen molar-refractivity contribution in [1.29, 1.82) is 0 Å². The normalized spacial score (nSPS) is 19.9. The number of amides is 2. The first-order valence-electron chi connectivity index (χ1n) is 10.2. The molecule has 1 saturated heterocycles. The summed E-state index contributed by atoms with van der Waals surface area (Å²) in [6, 6.07) is -1.03. The molecule has 14 heteroatoms. The van der Waals surface area contributed by atoms with E-state index in [1.54, 1.807) is 0 Å². The molecule has 188 valence electrons. The van der Waals surface area contributed by atoms with E-state index in [-0.39, 0.29) is 24.6 Å². The summed E-state index contributed by atoms with van der Waals surface area (Å²) in [4.78, 5) is 67.3. The first-order chi connectivity index (χ1) is 16.2. The number of rotatable bonds is 12. The van der Waals surface area contributed by atoms with Gasteiger partial charge in [-0.1, -0.05) is 19.0 Å². The lowest BCUT2D eigenvalue weighted by molar-refractivity contribution is -0.168. The third kappa shape index (κ3) is 6.48. The summed E-state index contributed by atoms with van der Waals surface area (Å²) in [5, 5.41) is 5.17. The van der Waals surface area contributed by atoms with E-state index in [9.17, 15) is 24.0 Å². The molecule has 0 radical (unpaired) electrons. The van der Waals surface area contributed by atoms with Gasteiger partial charge in [-0.05, 0) is 11.5 Å². The molecule has 0 spiro atoms. The smallest absolute Gasteiger partial charge is 0.358 e. The molecule has 1 unspecified atom stereocenters. The first kappa shape index (κ1) is 27.6. The predicted molar refractivity (Wildman–Crippen MR) is 121 cm³/mol. The quantitative estimate of drug-likeness (QED) is 0.0719. The summed E-state index contributed by atoms with van der Waals surface area (Å²) in [6.07, 6.45) is 0.167. The highest BCUT2D eigenvalue weighted by molar-refractivity contribution is 8.00. The van der Waals surface area contributed by atoms with E-state index in [0.717, 1.165) is 7.11 Å². The van der Waals surface area contributed by atoms with Crippen molar-refractivity contribution in [2.24, 2.45) is 11.1 Å². The fourth-order valence-electron chi connectivity index (χ4n) is 3.15. The summed E-state index contributed by atoms with van der Waals surface area (Å²) in [5.41, 5.74) is -0.119. The van der Waals surface area contributed by atoms with Gasteiger partial charge in [0.15, 0.2) is 0 Å². The summed E-state index contributed by atoms with van der Waals surface area (Å²) in [7, 11) is 2.59. The van der Waals surface area contributed by atoms with Gasteiger partial charge in [-0.25, -0.2) is 4.79 Å². The number of carbonyl (C=O) groups excluding carboxylic acids is 5. The molecule has 2 aliphatic heterocycles. The number of ketones is 1. The Bertz CT molecular complexity index is 906. The number of ether oxygens (including phenoxy) is 3. The van der Waals surface area contributed by atoms with Crippen LogP contribution in [0.3, 0.4) is 0 Å². The van der Waals surface area contributed by atoms with Crippen molar-refractivity contribution < 1.29 is 43.0 Å². The third-order valence-corrected chi connectivity index (χ3v) is 6.20. The summed E-state index contributed by atoms with van der Waals surface area (Å²) in [5.74, 6) is -3.81. The molecule has 2 heterocycles. The molecule has 34 heavy (non-hydrogen) atoms. The molecule has 2 rings (SSSR count). The number of hydrogen-bond acceptors (Lipinski definition) is 11. The Labute approximate surface area is 205 Å². The maximum Gasteiger partial charge on any atom is 0.358 e. The maximum absolute atomic E-state index is 12.9. The maximum atomic E-state index is 12.9. The van der Waals surface area contributed by atoms with Crippen LogP contribution < -0.4 is 5.32 Å². The fraction of sp³-hybridized carbons (Fsp3) is 0.600. The van der Waals surface area contributed by atoms with Crippen molar-refractivity contribution in [3.05, 3.63) is 11.3 Å². The van der Waals surface area contributed by atoms with Crippen molar-refractivity contribution >= 4 is 58.6 Å². The number of nitrogens with one attached hydrogen (secondary N) is 1. The van der Waals surface area contributed by atoms with Crippen molar-refractivity contribution in [2.75, 3.05) is 39.3 Å². The number of alkyl halides is 1. The fourth-order valence-corrected chi connectivity index (χ4v) is 4.60. The number of methoxy groups -OCH3 is 1. The number of Topliss-reactive ketones (excluding diaryl/α,β-unsaturated/α-hetero) is 1. The summed E-state index contributed by atoms with van der Waals surface area (Å²) >= 11 is 6.78. The number of halogens is 1. The van der Waals surface area contributed by atoms with E-state index in [4.69, 9.17) is 25.8 Å². The second kappa shape index (κ2) is 12.7. The first-order valence-corrected chi connectivity index (χ1v) is 11.7. The third-order valence-electron chi connectivity index (χ3n) is 4.61. The minimum Gasteiger partial charge on any atom is -0.428 e. The molecule has 2 aliphatic rings. The number of hydrogen-bond donors (Lipinski definition) is 1. The van der Waals surface area contributed by atoms with Crippen LogP contribution in [0.25, 0.3) is 0 Å². The van der Waals surface area contributed by atoms with Crippen LogP contribution in [0.4, 0.5) is 0 Å². The predicted octanol–water partition coefficient (Wildman–Crippen LogP) is 0.187. The molecule has 0 aromatic heterocycles. The van der Waals surface area contributed by atoms with Crippen LogP contribution in [-0.2, 0) is 43.0 Å². The number of fused-ring (bicyclic) bond motifs is 1. The topological polar surface area (TPSA) is 150 Å². The number of β-lactam (4-membered cyclic amide) rings is 1. The van der Waals surface area contributed by atoms with E-state index < -0.39 is 59.3 Å². The Morgan fingerprint density at radius 2 is 1.94 bits per heavy atom. The molecule has 0 bridgehead atoms. The van der Waals surface area contributed by atoms with E-state index in [0.29, 0.717) is 11.3 Å². The molecule has 0 aliphatic carbocycles. The minimum absolute atomic E-state index is 0.0383. The zero-order valence-electron chi connectivity index (χ0n) is 19.1. The average Bonchev–Trinajstić information content (AvgIpc) is 2.79. The lowest BCUT2D eigenvalue weighted by Crippen LogP contribution is -2.71. The number of nitrogens with zero attached hydrogens (tertiary/aromatic N) is 2. The van der Waals surface area contributed by atoms with Gasteiger partial charge in [0.25, 0.3) is 11.8 Å². The zero-order valence-corrected chi connectivity index (χ0v) is 20.7. The Morgan fingerprint density at radius 3 is 2.53 bits per heavy atom. The monoisotopic (exact) mass is 519 g/mol. The largest absolute Gasteiger partial charge is 0.428 e. The second-order valence-corrected chi connectivity index (χ2v) is 8.96. The Balaban J connectivity index is 2.12. The van der Waals surface area contributed by atoms with E-state index in [1.807, 2.05) is 13.8 Å². The van der Waals surface area contributed by atoms with E-state index in [1.165, 1.54) is 23.8 Å². The summed E-state index contributed by atoms with van der Waals surface area (Å²) < 4.78 is 15.1. The molecule has 1 N–H and O–H groups in total. The number of thioether (sulfide) groups is 1.